The van der Waals surface area contributed by atoms with Gasteiger partial charge in [0.15, 0.2) is 0 Å². The molecule has 0 aliphatic heterocycles. The van der Waals surface area contributed by atoms with E-state index < -0.39 is 12.9 Å². The third-order valence-corrected chi connectivity index (χ3v) is 8.94. The lowest BCUT2D eigenvalue weighted by Crippen LogP contribution is -2.29. The molecular formula is C27H23O3P. The quantitative estimate of drug-likeness (QED) is 0.249. The topological polar surface area (TPSA) is 35.5 Å². The predicted octanol–water partition coefficient (Wildman–Crippen LogP) is 4.46. The van der Waals surface area contributed by atoms with Crippen molar-refractivity contribution < 1.29 is 14.6 Å². The van der Waals surface area contributed by atoms with E-state index in [1.165, 1.54) is 0 Å². The maximum absolute atomic E-state index is 13.0. The van der Waals surface area contributed by atoms with Crippen LogP contribution < -0.4 is 15.9 Å². The van der Waals surface area contributed by atoms with E-state index in [4.69, 9.17) is 9.78 Å². The monoisotopic (exact) mass is 426 g/mol. The van der Waals surface area contributed by atoms with Gasteiger partial charge in [0.25, 0.3) is 0 Å². The molecular weight excluding hydrogens is 403 g/mol. The van der Waals surface area contributed by atoms with Crippen LogP contribution in [0.4, 0.5) is 0 Å². The number of carbonyl (C=O) groups is 1. The van der Waals surface area contributed by atoms with Crippen LogP contribution in [-0.2, 0) is 21.2 Å². The molecule has 0 aromatic heterocycles. The summed E-state index contributed by atoms with van der Waals surface area (Å²) < 4.78 is 0. The summed E-state index contributed by atoms with van der Waals surface area (Å²) in [5, 5.41) is 3.23. The highest BCUT2D eigenvalue weighted by Gasteiger charge is 2.27. The van der Waals surface area contributed by atoms with Crippen molar-refractivity contribution in [2.45, 2.75) is 6.61 Å². The van der Waals surface area contributed by atoms with Crippen molar-refractivity contribution in [3.05, 3.63) is 127 Å². The number of hydrogen-bond acceptors (Lipinski definition) is 3. The Bertz CT molecular complexity index is 1050. The van der Waals surface area contributed by atoms with Gasteiger partial charge in [0, 0.05) is 5.80 Å². The maximum atomic E-state index is 13.0. The highest BCUT2D eigenvalue weighted by Crippen LogP contribution is 2.43. The lowest BCUT2D eigenvalue weighted by atomic mass is 10.2. The second kappa shape index (κ2) is 10.1. The summed E-state index contributed by atoms with van der Waals surface area (Å²) in [6.45, 7) is -2.20. The first-order valence-electron chi connectivity index (χ1n) is 10.1. The van der Waals surface area contributed by atoms with Crippen molar-refractivity contribution in [1.29, 1.82) is 0 Å². The van der Waals surface area contributed by atoms with Gasteiger partial charge in [0.05, 0.1) is 0 Å². The van der Waals surface area contributed by atoms with E-state index in [9.17, 15) is 4.79 Å². The molecule has 0 saturated heterocycles. The van der Waals surface area contributed by atoms with Crippen molar-refractivity contribution in [2.75, 3.05) is 0 Å². The van der Waals surface area contributed by atoms with E-state index in [2.05, 4.69) is 36.4 Å². The molecule has 154 valence electrons. The third-order valence-electron chi connectivity index (χ3n) is 5.00. The van der Waals surface area contributed by atoms with E-state index in [0.29, 0.717) is 0 Å². The Kier molecular flexibility index (Phi) is 6.78. The standard InChI is InChI=1S/C27H23O3P/c28-27(30-29-21-23-13-5-1-6-14-23)22-31(24-15-7-2-8-16-24,25-17-9-3-10-18-25)26-19-11-4-12-20-26/h1-20,22H,21H2. The molecule has 0 fully saturated rings. The van der Waals surface area contributed by atoms with Gasteiger partial charge in [-0.2, -0.15) is 4.89 Å². The van der Waals surface area contributed by atoms with Gasteiger partial charge in [-0.25, -0.2) is 4.79 Å². The number of hydrogen-bond donors (Lipinski definition) is 0. The van der Waals surface area contributed by atoms with Crippen LogP contribution in [0.5, 0.6) is 0 Å². The van der Waals surface area contributed by atoms with Crippen LogP contribution in [0.1, 0.15) is 5.56 Å². The van der Waals surface area contributed by atoms with E-state index in [-0.39, 0.29) is 6.61 Å². The Morgan fingerprint density at radius 2 is 1.00 bits per heavy atom. The van der Waals surface area contributed by atoms with Crippen molar-refractivity contribution in [3.8, 4) is 0 Å². The molecule has 3 nitrogen and oxygen atoms in total. The average Bonchev–Trinajstić information content (AvgIpc) is 2.85. The first kappa shape index (κ1) is 20.9. The van der Waals surface area contributed by atoms with Crippen LogP contribution >= 0.6 is 6.89 Å². The summed E-state index contributed by atoms with van der Waals surface area (Å²) in [6, 6.07) is 40.0. The molecule has 0 radical (unpaired) electrons. The lowest BCUT2D eigenvalue weighted by molar-refractivity contribution is -0.272. The van der Waals surface area contributed by atoms with Crippen LogP contribution in [0, 0.1) is 0 Å². The molecule has 0 saturated carbocycles. The van der Waals surface area contributed by atoms with Crippen LogP contribution in [-0.4, -0.2) is 11.8 Å². The smallest absolute Gasteiger partial charge is 0.293 e. The molecule has 31 heavy (non-hydrogen) atoms. The molecule has 0 amide bonds. The van der Waals surface area contributed by atoms with E-state index in [1.807, 2.05) is 84.9 Å². The fraction of sp³-hybridized carbons (Fsp3) is 0.0370. The van der Waals surface area contributed by atoms with Gasteiger partial charge < -0.3 is 0 Å². The average molecular weight is 426 g/mol. The third kappa shape index (κ3) is 4.86. The zero-order valence-corrected chi connectivity index (χ0v) is 17.9. The fourth-order valence-electron chi connectivity index (χ4n) is 3.57. The van der Waals surface area contributed by atoms with Crippen molar-refractivity contribution in [1.82, 2.24) is 0 Å². The minimum Gasteiger partial charge on any atom is -0.293 e. The molecule has 0 unspecified atom stereocenters. The van der Waals surface area contributed by atoms with Crippen LogP contribution in [0.3, 0.4) is 0 Å². The minimum absolute atomic E-state index is 0.202. The number of carbonyl (C=O) groups excluding carboxylic acids is 1. The molecule has 4 rings (SSSR count). The predicted molar refractivity (Wildman–Crippen MR) is 129 cm³/mol. The van der Waals surface area contributed by atoms with E-state index in [0.717, 1.165) is 21.5 Å². The fourth-order valence-corrected chi connectivity index (χ4v) is 7.20. The van der Waals surface area contributed by atoms with Gasteiger partial charge in [0.2, 0.25) is 0 Å². The van der Waals surface area contributed by atoms with Crippen molar-refractivity contribution in [2.24, 2.45) is 0 Å². The zero-order valence-electron chi connectivity index (χ0n) is 17.0. The molecule has 4 heteroatoms. The minimum atomic E-state index is -2.40. The largest absolute Gasteiger partial charge is 0.367 e. The second-order valence-electron chi connectivity index (χ2n) is 7.01. The maximum Gasteiger partial charge on any atom is 0.367 e. The van der Waals surface area contributed by atoms with Gasteiger partial charge in [-0.3, -0.25) is 4.89 Å². The number of rotatable bonds is 7. The summed E-state index contributed by atoms with van der Waals surface area (Å²) in [7, 11) is 0. The normalized spacial score (nSPS) is 11.0. The van der Waals surface area contributed by atoms with Crippen molar-refractivity contribution in [3.63, 3.8) is 0 Å². The summed E-state index contributed by atoms with van der Waals surface area (Å²) in [5.74, 6) is 1.21. The summed E-state index contributed by atoms with van der Waals surface area (Å²) in [4.78, 5) is 23.5. The first-order valence-corrected chi connectivity index (χ1v) is 11.9. The molecule has 0 spiro atoms. The highest BCUT2D eigenvalue weighted by molar-refractivity contribution is 7.95. The highest BCUT2D eigenvalue weighted by atomic mass is 31.2. The van der Waals surface area contributed by atoms with Gasteiger partial charge in [-0.05, 0) is 28.4 Å². The van der Waals surface area contributed by atoms with E-state index in [1.54, 1.807) is 5.80 Å². The first-order chi connectivity index (χ1) is 15.3. The van der Waals surface area contributed by atoms with Crippen LogP contribution in [0.15, 0.2) is 121 Å². The molecule has 0 N–H and O–H groups in total. The molecule has 0 atom stereocenters. The van der Waals surface area contributed by atoms with Crippen LogP contribution in [0.2, 0.25) is 0 Å². The Hall–Kier alpha value is -3.39. The SMILES string of the molecule is O=C(C=P(c1ccccc1)(c1ccccc1)c1ccccc1)OOCc1ccccc1. The van der Waals surface area contributed by atoms with Gasteiger partial charge in [-0.1, -0.05) is 121 Å². The number of benzene rings is 4. The summed E-state index contributed by atoms with van der Waals surface area (Å²) in [5.41, 5.74) is 0.936. The zero-order chi connectivity index (χ0) is 21.4. The molecule has 4 aromatic rings. The Labute approximate surface area is 182 Å². The summed E-state index contributed by atoms with van der Waals surface area (Å²) in [6.07, 6.45) is 0. The van der Waals surface area contributed by atoms with Gasteiger partial charge in [-0.15, -0.1) is 0 Å². The lowest BCUT2D eigenvalue weighted by Gasteiger charge is -2.28. The van der Waals surface area contributed by atoms with E-state index >= 15 is 0 Å². The van der Waals surface area contributed by atoms with Gasteiger partial charge in [0.1, 0.15) is 6.61 Å². The van der Waals surface area contributed by atoms with Crippen LogP contribution in [0.25, 0.3) is 0 Å². The molecule has 0 aliphatic rings. The van der Waals surface area contributed by atoms with Crippen molar-refractivity contribution >= 4 is 34.6 Å². The molecule has 4 aromatic carbocycles. The second-order valence-corrected chi connectivity index (χ2v) is 10.3. The molecule has 0 aliphatic carbocycles. The summed E-state index contributed by atoms with van der Waals surface area (Å²) >= 11 is 0. The Balaban J connectivity index is 1.77. The van der Waals surface area contributed by atoms with Gasteiger partial charge >= 0.3 is 5.97 Å². The Morgan fingerprint density at radius 3 is 1.42 bits per heavy atom. The molecule has 0 bridgehead atoms. The molecule has 0 heterocycles. The Morgan fingerprint density at radius 1 is 0.613 bits per heavy atom.